The highest BCUT2D eigenvalue weighted by atomic mass is 19.1. The Morgan fingerprint density at radius 2 is 1.54 bits per heavy atom. The van der Waals surface area contributed by atoms with Crippen LogP contribution in [0.5, 0.6) is 5.75 Å². The largest absolute Gasteiger partial charge is 0.497 e. The fourth-order valence-electron chi connectivity index (χ4n) is 3.31. The zero-order chi connectivity index (χ0) is 19.8. The van der Waals surface area contributed by atoms with Crippen LogP contribution in [0.1, 0.15) is 16.7 Å². The molecule has 1 atom stereocenters. The number of hydrogen-bond donors (Lipinski definition) is 1. The fourth-order valence-corrected chi connectivity index (χ4v) is 3.31. The van der Waals surface area contributed by atoms with Crippen LogP contribution in [0.25, 0.3) is 0 Å². The Hall–Kier alpha value is -2.69. The monoisotopic (exact) mass is 379 g/mol. The van der Waals surface area contributed by atoms with Crippen molar-refractivity contribution in [1.29, 1.82) is 0 Å². The van der Waals surface area contributed by atoms with Crippen molar-refractivity contribution < 1.29 is 14.2 Å². The molecule has 3 rings (SSSR count). The molecule has 0 aliphatic heterocycles. The average molecular weight is 379 g/mol. The summed E-state index contributed by atoms with van der Waals surface area (Å²) >= 11 is 0. The van der Waals surface area contributed by atoms with Crippen molar-refractivity contribution in [2.24, 2.45) is 0 Å². The SMILES string of the molecule is COc1cccc(CN(Cc2ccc(F)cc2)C[C@@H](O)Cc2ccccc2)c1. The van der Waals surface area contributed by atoms with Gasteiger partial charge in [-0.25, -0.2) is 4.39 Å². The van der Waals surface area contributed by atoms with E-state index in [-0.39, 0.29) is 5.82 Å². The lowest BCUT2D eigenvalue weighted by Gasteiger charge is -2.25. The van der Waals surface area contributed by atoms with E-state index < -0.39 is 6.10 Å². The van der Waals surface area contributed by atoms with Gasteiger partial charge < -0.3 is 9.84 Å². The van der Waals surface area contributed by atoms with Crippen molar-refractivity contribution in [3.05, 3.63) is 101 Å². The number of rotatable bonds is 9. The van der Waals surface area contributed by atoms with Crippen LogP contribution >= 0.6 is 0 Å². The standard InChI is InChI=1S/C24H26FNO2/c1-28-24-9-5-8-21(15-24)17-26(16-20-10-12-22(25)13-11-20)18-23(27)14-19-6-3-2-4-7-19/h2-13,15,23,27H,14,16-18H2,1H3/t23-/m0/s1. The van der Waals surface area contributed by atoms with Gasteiger partial charge in [0.2, 0.25) is 0 Å². The van der Waals surface area contributed by atoms with Crippen LogP contribution in [0, 0.1) is 5.82 Å². The van der Waals surface area contributed by atoms with Gasteiger partial charge in [0.25, 0.3) is 0 Å². The number of hydrogen-bond acceptors (Lipinski definition) is 3. The van der Waals surface area contributed by atoms with Crippen LogP contribution < -0.4 is 4.74 Å². The third kappa shape index (κ3) is 6.19. The minimum atomic E-state index is -0.492. The predicted molar refractivity (Wildman–Crippen MR) is 110 cm³/mol. The molecule has 4 heteroatoms. The molecule has 0 heterocycles. The first kappa shape index (κ1) is 20.1. The summed E-state index contributed by atoms with van der Waals surface area (Å²) in [5, 5.41) is 10.6. The molecule has 0 unspecified atom stereocenters. The first-order valence-electron chi connectivity index (χ1n) is 9.44. The minimum Gasteiger partial charge on any atom is -0.497 e. The number of nitrogens with zero attached hydrogens (tertiary/aromatic N) is 1. The molecule has 0 spiro atoms. The van der Waals surface area contributed by atoms with Crippen molar-refractivity contribution in [2.45, 2.75) is 25.6 Å². The molecule has 0 saturated heterocycles. The highest BCUT2D eigenvalue weighted by Crippen LogP contribution is 2.17. The van der Waals surface area contributed by atoms with Gasteiger partial charge in [-0.15, -0.1) is 0 Å². The lowest BCUT2D eigenvalue weighted by molar-refractivity contribution is 0.104. The van der Waals surface area contributed by atoms with E-state index in [2.05, 4.69) is 4.90 Å². The number of benzene rings is 3. The fraction of sp³-hybridized carbons (Fsp3) is 0.250. The molecule has 0 aromatic heterocycles. The Bertz CT molecular complexity index is 852. The van der Waals surface area contributed by atoms with Crippen LogP contribution in [0.15, 0.2) is 78.9 Å². The molecule has 0 fully saturated rings. The van der Waals surface area contributed by atoms with Crippen molar-refractivity contribution in [3.8, 4) is 5.75 Å². The molecule has 146 valence electrons. The van der Waals surface area contributed by atoms with Gasteiger partial charge in [-0.3, -0.25) is 4.90 Å². The lowest BCUT2D eigenvalue weighted by Crippen LogP contribution is -2.33. The molecule has 28 heavy (non-hydrogen) atoms. The maximum Gasteiger partial charge on any atom is 0.123 e. The Labute approximate surface area is 166 Å². The molecule has 3 nitrogen and oxygen atoms in total. The zero-order valence-electron chi connectivity index (χ0n) is 16.1. The van der Waals surface area contributed by atoms with E-state index in [0.29, 0.717) is 26.1 Å². The van der Waals surface area contributed by atoms with Crippen molar-refractivity contribution in [2.75, 3.05) is 13.7 Å². The minimum absolute atomic E-state index is 0.243. The second-order valence-corrected chi connectivity index (χ2v) is 6.99. The summed E-state index contributed by atoms with van der Waals surface area (Å²) in [6.07, 6.45) is 0.104. The Balaban J connectivity index is 1.71. The Kier molecular flexibility index (Phi) is 7.18. The summed E-state index contributed by atoms with van der Waals surface area (Å²) in [6, 6.07) is 24.4. The highest BCUT2D eigenvalue weighted by Gasteiger charge is 2.14. The summed E-state index contributed by atoms with van der Waals surface area (Å²) in [4.78, 5) is 2.18. The maximum absolute atomic E-state index is 13.2. The smallest absolute Gasteiger partial charge is 0.123 e. The van der Waals surface area contributed by atoms with Crippen LogP contribution in [0.3, 0.4) is 0 Å². The van der Waals surface area contributed by atoms with Gasteiger partial charge in [0.15, 0.2) is 0 Å². The summed E-state index contributed by atoms with van der Waals surface area (Å²) in [6.45, 7) is 1.81. The van der Waals surface area contributed by atoms with Gasteiger partial charge in [-0.2, -0.15) is 0 Å². The molecule has 0 bridgehead atoms. The molecule has 0 radical (unpaired) electrons. The molecule has 3 aromatic carbocycles. The van der Waals surface area contributed by atoms with Crippen molar-refractivity contribution in [3.63, 3.8) is 0 Å². The Morgan fingerprint density at radius 3 is 2.25 bits per heavy atom. The van der Waals surface area contributed by atoms with E-state index in [1.165, 1.54) is 12.1 Å². The third-order valence-electron chi connectivity index (χ3n) is 4.64. The van der Waals surface area contributed by atoms with Gasteiger partial charge in [0.1, 0.15) is 11.6 Å². The van der Waals surface area contributed by atoms with E-state index in [1.54, 1.807) is 19.2 Å². The van der Waals surface area contributed by atoms with Crippen LogP contribution in [-0.4, -0.2) is 29.8 Å². The molecule has 1 N–H and O–H groups in total. The molecule has 0 aliphatic carbocycles. The van der Waals surface area contributed by atoms with E-state index in [9.17, 15) is 9.50 Å². The van der Waals surface area contributed by atoms with Crippen LogP contribution in [0.2, 0.25) is 0 Å². The van der Waals surface area contributed by atoms with Gasteiger partial charge in [-0.05, 0) is 47.4 Å². The molecule has 0 saturated carbocycles. The highest BCUT2D eigenvalue weighted by molar-refractivity contribution is 5.28. The molecule has 0 amide bonds. The zero-order valence-corrected chi connectivity index (χ0v) is 16.1. The average Bonchev–Trinajstić information content (AvgIpc) is 2.70. The van der Waals surface area contributed by atoms with Crippen LogP contribution in [0.4, 0.5) is 4.39 Å². The normalized spacial score (nSPS) is 12.1. The second-order valence-electron chi connectivity index (χ2n) is 6.99. The summed E-state index contributed by atoms with van der Waals surface area (Å²) in [5.41, 5.74) is 3.22. The van der Waals surface area contributed by atoms with Gasteiger partial charge >= 0.3 is 0 Å². The molecule has 0 aliphatic rings. The van der Waals surface area contributed by atoms with E-state index in [4.69, 9.17) is 4.74 Å². The summed E-state index contributed by atoms with van der Waals surface area (Å²) in [7, 11) is 1.65. The summed E-state index contributed by atoms with van der Waals surface area (Å²) in [5.74, 6) is 0.566. The van der Waals surface area contributed by atoms with Gasteiger partial charge in [-0.1, -0.05) is 54.6 Å². The molecular formula is C24H26FNO2. The van der Waals surface area contributed by atoms with E-state index >= 15 is 0 Å². The number of ether oxygens (including phenoxy) is 1. The topological polar surface area (TPSA) is 32.7 Å². The third-order valence-corrected chi connectivity index (χ3v) is 4.64. The van der Waals surface area contributed by atoms with Gasteiger partial charge in [0.05, 0.1) is 13.2 Å². The Morgan fingerprint density at radius 1 is 0.857 bits per heavy atom. The predicted octanol–water partition coefficient (Wildman–Crippen LogP) is 4.44. The maximum atomic E-state index is 13.2. The number of aliphatic hydroxyl groups excluding tert-OH is 1. The first-order valence-corrected chi connectivity index (χ1v) is 9.44. The first-order chi connectivity index (χ1) is 13.6. The van der Waals surface area contributed by atoms with Crippen LogP contribution in [-0.2, 0) is 19.5 Å². The molecular weight excluding hydrogens is 353 g/mol. The van der Waals surface area contributed by atoms with Gasteiger partial charge in [0, 0.05) is 19.6 Å². The van der Waals surface area contributed by atoms with E-state index in [1.807, 2.05) is 54.6 Å². The number of aliphatic hydroxyl groups is 1. The second kappa shape index (κ2) is 10.0. The van der Waals surface area contributed by atoms with Crippen molar-refractivity contribution >= 4 is 0 Å². The molecule has 3 aromatic rings. The number of halogens is 1. The lowest BCUT2D eigenvalue weighted by atomic mass is 10.1. The number of methoxy groups -OCH3 is 1. The summed E-state index contributed by atoms with van der Waals surface area (Å²) < 4.78 is 18.6. The van der Waals surface area contributed by atoms with E-state index in [0.717, 1.165) is 22.4 Å². The van der Waals surface area contributed by atoms with Crippen molar-refractivity contribution in [1.82, 2.24) is 4.90 Å². The quantitative estimate of drug-likeness (QED) is 0.597.